The van der Waals surface area contributed by atoms with Crippen LogP contribution in [-0.2, 0) is 6.54 Å². The maximum atomic E-state index is 10.9. The van der Waals surface area contributed by atoms with E-state index in [2.05, 4.69) is 5.32 Å². The first-order valence-electron chi connectivity index (χ1n) is 5.48. The molecular weight excluding hydrogens is 287 g/mol. The van der Waals surface area contributed by atoms with E-state index in [1.165, 1.54) is 12.1 Å². The van der Waals surface area contributed by atoms with Crippen molar-refractivity contribution >= 4 is 34.6 Å². The minimum atomic E-state index is -0.425. The summed E-state index contributed by atoms with van der Waals surface area (Å²) in [6, 6.07) is 11.6. The predicted octanol–water partition coefficient (Wildman–Crippen LogP) is 4.51. The van der Waals surface area contributed by atoms with E-state index in [9.17, 15) is 10.1 Å². The lowest BCUT2D eigenvalue weighted by Crippen LogP contribution is -2.03. The Balaban J connectivity index is 2.19. The average molecular weight is 297 g/mol. The number of benzene rings is 2. The molecule has 2 aromatic carbocycles. The van der Waals surface area contributed by atoms with Crippen LogP contribution in [0.4, 0.5) is 11.4 Å². The second-order valence-corrected chi connectivity index (χ2v) is 4.77. The summed E-state index contributed by atoms with van der Waals surface area (Å²) >= 11 is 11.7. The summed E-state index contributed by atoms with van der Waals surface area (Å²) in [5, 5.41) is 15.1. The van der Waals surface area contributed by atoms with Gasteiger partial charge in [-0.1, -0.05) is 29.3 Å². The van der Waals surface area contributed by atoms with E-state index in [4.69, 9.17) is 23.2 Å². The molecule has 0 unspecified atom stereocenters. The summed E-state index contributed by atoms with van der Waals surface area (Å²) < 4.78 is 0. The average Bonchev–Trinajstić information content (AvgIpc) is 2.36. The van der Waals surface area contributed by atoms with Crippen molar-refractivity contribution < 1.29 is 4.92 Å². The van der Waals surface area contributed by atoms with Crippen LogP contribution in [0.15, 0.2) is 42.5 Å². The largest absolute Gasteiger partial charge is 0.381 e. The highest BCUT2D eigenvalue weighted by Gasteiger charge is 2.13. The predicted molar refractivity (Wildman–Crippen MR) is 76.9 cm³/mol. The fraction of sp³-hybridized carbons (Fsp3) is 0.0769. The maximum Gasteiger partial charge on any atom is 0.274 e. The lowest BCUT2D eigenvalue weighted by atomic mass is 10.1. The van der Waals surface area contributed by atoms with E-state index < -0.39 is 4.92 Å². The van der Waals surface area contributed by atoms with E-state index in [1.54, 1.807) is 24.3 Å². The van der Waals surface area contributed by atoms with Crippen LogP contribution >= 0.6 is 23.2 Å². The number of rotatable bonds is 4. The molecule has 2 aromatic rings. The molecule has 0 fully saturated rings. The summed E-state index contributed by atoms with van der Waals surface area (Å²) in [6.07, 6.45) is 0. The molecule has 0 aromatic heterocycles. The zero-order valence-corrected chi connectivity index (χ0v) is 11.3. The van der Waals surface area contributed by atoms with Gasteiger partial charge < -0.3 is 5.32 Å². The van der Waals surface area contributed by atoms with Crippen LogP contribution in [0.3, 0.4) is 0 Å². The fourth-order valence-electron chi connectivity index (χ4n) is 1.67. The van der Waals surface area contributed by atoms with E-state index in [0.29, 0.717) is 22.2 Å². The molecule has 0 aliphatic carbocycles. The number of hydrogen-bond donors (Lipinski definition) is 1. The second kappa shape index (κ2) is 5.91. The first-order chi connectivity index (χ1) is 9.06. The van der Waals surface area contributed by atoms with E-state index >= 15 is 0 Å². The molecule has 0 radical (unpaired) electrons. The number of nitrogens with one attached hydrogen (secondary N) is 1. The van der Waals surface area contributed by atoms with Crippen LogP contribution in [0.25, 0.3) is 0 Å². The van der Waals surface area contributed by atoms with Gasteiger partial charge in [0, 0.05) is 28.3 Å². The first kappa shape index (κ1) is 13.6. The molecule has 0 saturated carbocycles. The molecule has 0 atom stereocenters. The maximum absolute atomic E-state index is 10.9. The third-order valence-electron chi connectivity index (χ3n) is 2.55. The SMILES string of the molecule is O=[N+]([O-])c1ccc(Cl)cc1CNc1cccc(Cl)c1. The summed E-state index contributed by atoms with van der Waals surface area (Å²) in [4.78, 5) is 10.5. The van der Waals surface area contributed by atoms with Crippen LogP contribution in [0, 0.1) is 10.1 Å². The van der Waals surface area contributed by atoms with Gasteiger partial charge >= 0.3 is 0 Å². The van der Waals surface area contributed by atoms with Gasteiger partial charge in [0.1, 0.15) is 0 Å². The van der Waals surface area contributed by atoms with Crippen LogP contribution < -0.4 is 5.32 Å². The highest BCUT2D eigenvalue weighted by atomic mass is 35.5. The van der Waals surface area contributed by atoms with Gasteiger partial charge in [-0.3, -0.25) is 10.1 Å². The highest BCUT2D eigenvalue weighted by Crippen LogP contribution is 2.24. The van der Waals surface area contributed by atoms with Crippen molar-refractivity contribution in [3.8, 4) is 0 Å². The summed E-state index contributed by atoms with van der Waals surface area (Å²) in [7, 11) is 0. The standard InChI is InChI=1S/C13H10Cl2N2O2/c14-10-2-1-3-12(7-10)16-8-9-6-11(15)4-5-13(9)17(18)19/h1-7,16H,8H2. The Labute approximate surface area is 120 Å². The van der Waals surface area contributed by atoms with Gasteiger partial charge in [0.2, 0.25) is 0 Å². The molecule has 0 aliphatic heterocycles. The number of hydrogen-bond acceptors (Lipinski definition) is 3. The van der Waals surface area contributed by atoms with Gasteiger partial charge in [-0.2, -0.15) is 0 Å². The van der Waals surface area contributed by atoms with Crippen molar-refractivity contribution in [3.05, 3.63) is 68.2 Å². The third-order valence-corrected chi connectivity index (χ3v) is 3.02. The minimum Gasteiger partial charge on any atom is -0.381 e. The Kier molecular flexibility index (Phi) is 4.24. The second-order valence-electron chi connectivity index (χ2n) is 3.89. The summed E-state index contributed by atoms with van der Waals surface area (Å²) in [5.74, 6) is 0. The zero-order valence-electron chi connectivity index (χ0n) is 9.77. The first-order valence-corrected chi connectivity index (χ1v) is 6.24. The van der Waals surface area contributed by atoms with Crippen molar-refractivity contribution in [1.29, 1.82) is 0 Å². The molecule has 0 heterocycles. The molecule has 0 aliphatic rings. The lowest BCUT2D eigenvalue weighted by molar-refractivity contribution is -0.385. The van der Waals surface area contributed by atoms with Crippen molar-refractivity contribution in [1.82, 2.24) is 0 Å². The molecule has 0 saturated heterocycles. The lowest BCUT2D eigenvalue weighted by Gasteiger charge is -2.07. The number of halogens is 2. The molecule has 6 heteroatoms. The highest BCUT2D eigenvalue weighted by molar-refractivity contribution is 6.31. The van der Waals surface area contributed by atoms with Crippen LogP contribution in [0.5, 0.6) is 0 Å². The van der Waals surface area contributed by atoms with Gasteiger partial charge in [0.05, 0.1) is 10.5 Å². The monoisotopic (exact) mass is 296 g/mol. The van der Waals surface area contributed by atoms with Crippen LogP contribution in [0.2, 0.25) is 10.0 Å². The summed E-state index contributed by atoms with van der Waals surface area (Å²) in [5.41, 5.74) is 1.36. The van der Waals surface area contributed by atoms with Crippen molar-refractivity contribution in [2.24, 2.45) is 0 Å². The van der Waals surface area contributed by atoms with Crippen molar-refractivity contribution in [2.45, 2.75) is 6.54 Å². The molecule has 0 spiro atoms. The van der Waals surface area contributed by atoms with Gasteiger partial charge in [0.15, 0.2) is 0 Å². The number of anilines is 1. The molecule has 19 heavy (non-hydrogen) atoms. The Morgan fingerprint density at radius 3 is 2.53 bits per heavy atom. The van der Waals surface area contributed by atoms with Gasteiger partial charge in [-0.05, 0) is 30.3 Å². The minimum absolute atomic E-state index is 0.0407. The molecule has 0 bridgehead atoms. The molecule has 1 N–H and O–H groups in total. The molecule has 2 rings (SSSR count). The van der Waals surface area contributed by atoms with E-state index in [0.717, 1.165) is 5.69 Å². The molecular formula is C13H10Cl2N2O2. The van der Waals surface area contributed by atoms with Gasteiger partial charge in [-0.25, -0.2) is 0 Å². The van der Waals surface area contributed by atoms with Crippen molar-refractivity contribution in [2.75, 3.05) is 5.32 Å². The quantitative estimate of drug-likeness (QED) is 0.667. The molecule has 0 amide bonds. The van der Waals surface area contributed by atoms with Crippen LogP contribution in [-0.4, -0.2) is 4.92 Å². The summed E-state index contributed by atoms with van der Waals surface area (Å²) in [6.45, 7) is 0.303. The normalized spacial score (nSPS) is 10.2. The Bertz CT molecular complexity index is 617. The van der Waals surface area contributed by atoms with Gasteiger partial charge in [0.25, 0.3) is 5.69 Å². The third kappa shape index (κ3) is 3.59. The smallest absolute Gasteiger partial charge is 0.274 e. The Hall–Kier alpha value is -1.78. The number of nitro benzene ring substituents is 1. The van der Waals surface area contributed by atoms with E-state index in [1.807, 2.05) is 6.07 Å². The number of nitrogens with zero attached hydrogens (tertiary/aromatic N) is 1. The molecule has 98 valence electrons. The number of nitro groups is 1. The zero-order chi connectivity index (χ0) is 13.8. The molecule has 4 nitrogen and oxygen atoms in total. The fourth-order valence-corrected chi connectivity index (χ4v) is 2.05. The van der Waals surface area contributed by atoms with Gasteiger partial charge in [-0.15, -0.1) is 0 Å². The Morgan fingerprint density at radius 1 is 1.11 bits per heavy atom. The van der Waals surface area contributed by atoms with Crippen molar-refractivity contribution in [3.63, 3.8) is 0 Å². The topological polar surface area (TPSA) is 55.2 Å². The van der Waals surface area contributed by atoms with Crippen LogP contribution in [0.1, 0.15) is 5.56 Å². The Morgan fingerprint density at radius 2 is 1.84 bits per heavy atom. The van der Waals surface area contributed by atoms with E-state index in [-0.39, 0.29) is 5.69 Å².